The van der Waals surface area contributed by atoms with Crippen molar-refractivity contribution >= 4 is 11.8 Å². The zero-order chi connectivity index (χ0) is 22.9. The normalized spacial score (nSPS) is 10.8. The number of benzene rings is 2. The molecule has 2 aromatic carbocycles. The molecule has 0 spiro atoms. The summed E-state index contributed by atoms with van der Waals surface area (Å²) in [5.41, 5.74) is 4.43. The van der Waals surface area contributed by atoms with Gasteiger partial charge in [-0.3, -0.25) is 14.6 Å². The van der Waals surface area contributed by atoms with Crippen LogP contribution in [0.2, 0.25) is 0 Å². The fourth-order valence-electron chi connectivity index (χ4n) is 3.84. The summed E-state index contributed by atoms with van der Waals surface area (Å²) in [6, 6.07) is 21.4. The summed E-state index contributed by atoms with van der Waals surface area (Å²) in [7, 11) is 0. The maximum absolute atomic E-state index is 12.0. The molecule has 33 heavy (non-hydrogen) atoms. The second-order valence-electron chi connectivity index (χ2n) is 7.84. The van der Waals surface area contributed by atoms with E-state index < -0.39 is 6.09 Å². The number of amides is 1. The number of unbranched alkanes of at least 4 members (excludes halogenated alkanes) is 3. The van der Waals surface area contributed by atoms with Crippen LogP contribution in [-0.2, 0) is 6.54 Å². The Labute approximate surface area is 193 Å². The van der Waals surface area contributed by atoms with Gasteiger partial charge in [0.2, 0.25) is 0 Å². The maximum atomic E-state index is 12.0. The predicted molar refractivity (Wildman–Crippen MR) is 129 cm³/mol. The number of carbonyl (C=O) groups is 1. The molecule has 0 saturated heterocycles. The lowest BCUT2D eigenvalue weighted by Crippen LogP contribution is -2.30. The summed E-state index contributed by atoms with van der Waals surface area (Å²) in [6.07, 6.45) is 8.22. The van der Waals surface area contributed by atoms with Gasteiger partial charge in [-0.1, -0.05) is 66.6 Å². The summed E-state index contributed by atoms with van der Waals surface area (Å²) < 4.78 is 1.85. The highest BCUT2D eigenvalue weighted by atomic mass is 16.4. The van der Waals surface area contributed by atoms with Crippen molar-refractivity contribution in [2.75, 3.05) is 11.4 Å². The first-order chi connectivity index (χ1) is 16.2. The highest BCUT2D eigenvalue weighted by molar-refractivity contribution is 5.92. The molecule has 0 saturated carbocycles. The fraction of sp³-hybridized carbons (Fsp3) is 0.231. The molecule has 0 bridgehead atoms. The van der Waals surface area contributed by atoms with Crippen LogP contribution in [0.4, 0.5) is 10.5 Å². The summed E-state index contributed by atoms with van der Waals surface area (Å²) in [5, 5.41) is 18.3. The smallest absolute Gasteiger partial charge is 0.411 e. The lowest BCUT2D eigenvalue weighted by atomic mass is 10.0. The van der Waals surface area contributed by atoms with Gasteiger partial charge in [0.05, 0.1) is 11.9 Å². The van der Waals surface area contributed by atoms with E-state index in [1.54, 1.807) is 12.4 Å². The zero-order valence-corrected chi connectivity index (χ0v) is 18.4. The van der Waals surface area contributed by atoms with Gasteiger partial charge in [-0.25, -0.2) is 4.79 Å². The lowest BCUT2D eigenvalue weighted by Gasteiger charge is -2.22. The molecule has 7 heteroatoms. The lowest BCUT2D eigenvalue weighted by molar-refractivity contribution is 0.201. The third-order valence-electron chi connectivity index (χ3n) is 5.53. The predicted octanol–water partition coefficient (Wildman–Crippen LogP) is 5.75. The van der Waals surface area contributed by atoms with E-state index in [0.29, 0.717) is 6.54 Å². The van der Waals surface area contributed by atoms with Crippen molar-refractivity contribution in [1.82, 2.24) is 20.0 Å². The number of para-hydroxylation sites is 1. The van der Waals surface area contributed by atoms with Crippen LogP contribution in [-0.4, -0.2) is 37.7 Å². The van der Waals surface area contributed by atoms with Crippen molar-refractivity contribution < 1.29 is 9.90 Å². The van der Waals surface area contributed by atoms with E-state index in [-0.39, 0.29) is 0 Å². The average Bonchev–Trinajstić information content (AvgIpc) is 3.33. The largest absolute Gasteiger partial charge is 0.465 e. The van der Waals surface area contributed by atoms with E-state index in [1.807, 2.05) is 77.6 Å². The van der Waals surface area contributed by atoms with Gasteiger partial charge in [0.1, 0.15) is 5.69 Å². The van der Waals surface area contributed by atoms with Crippen LogP contribution in [0, 0.1) is 0 Å². The minimum Gasteiger partial charge on any atom is -0.465 e. The van der Waals surface area contributed by atoms with Gasteiger partial charge in [-0.05, 0) is 36.6 Å². The number of pyridine rings is 1. The van der Waals surface area contributed by atoms with Crippen LogP contribution < -0.4 is 4.90 Å². The first-order valence-electron chi connectivity index (χ1n) is 11.2. The first kappa shape index (κ1) is 22.2. The number of rotatable bonds is 10. The molecule has 168 valence electrons. The monoisotopic (exact) mass is 441 g/mol. The first-order valence-corrected chi connectivity index (χ1v) is 11.2. The second-order valence-corrected chi connectivity index (χ2v) is 7.84. The molecule has 2 aromatic heterocycles. The molecule has 0 radical (unpaired) electrons. The van der Waals surface area contributed by atoms with Crippen LogP contribution in [0.25, 0.3) is 22.4 Å². The van der Waals surface area contributed by atoms with E-state index in [1.165, 1.54) is 4.90 Å². The molecule has 0 atom stereocenters. The SMILES string of the molecule is O=C(O)N(CCCCCCn1cc(-c2cccnc2)nn1)c1ccccc1-c1ccccc1. The van der Waals surface area contributed by atoms with E-state index in [4.69, 9.17) is 0 Å². The van der Waals surface area contributed by atoms with E-state index in [9.17, 15) is 9.90 Å². The van der Waals surface area contributed by atoms with Crippen molar-refractivity contribution in [2.24, 2.45) is 0 Å². The zero-order valence-electron chi connectivity index (χ0n) is 18.4. The summed E-state index contributed by atoms with van der Waals surface area (Å²) in [6.45, 7) is 1.25. The molecule has 1 N–H and O–H groups in total. The quantitative estimate of drug-likeness (QED) is 0.317. The van der Waals surface area contributed by atoms with Crippen molar-refractivity contribution in [3.05, 3.63) is 85.3 Å². The molecule has 1 amide bonds. The number of carboxylic acid groups (broad SMARTS) is 1. The fourth-order valence-corrected chi connectivity index (χ4v) is 3.84. The van der Waals surface area contributed by atoms with Gasteiger partial charge in [0.15, 0.2) is 0 Å². The summed E-state index contributed by atoms with van der Waals surface area (Å²) in [5.74, 6) is 0. The minimum absolute atomic E-state index is 0.466. The topological polar surface area (TPSA) is 84.1 Å². The van der Waals surface area contributed by atoms with Gasteiger partial charge in [0, 0.05) is 36.6 Å². The van der Waals surface area contributed by atoms with Crippen LogP contribution >= 0.6 is 0 Å². The number of anilines is 1. The maximum Gasteiger partial charge on any atom is 0.411 e. The summed E-state index contributed by atoms with van der Waals surface area (Å²) >= 11 is 0. The Kier molecular flexibility index (Phi) is 7.43. The van der Waals surface area contributed by atoms with E-state index >= 15 is 0 Å². The van der Waals surface area contributed by atoms with Gasteiger partial charge in [-0.2, -0.15) is 0 Å². The Balaban J connectivity index is 1.28. The Bertz CT molecular complexity index is 1160. The third kappa shape index (κ3) is 5.83. The van der Waals surface area contributed by atoms with Crippen molar-refractivity contribution in [3.8, 4) is 22.4 Å². The van der Waals surface area contributed by atoms with E-state index in [2.05, 4.69) is 15.3 Å². The molecule has 2 heterocycles. The highest BCUT2D eigenvalue weighted by Crippen LogP contribution is 2.31. The number of aromatic nitrogens is 4. The van der Waals surface area contributed by atoms with Gasteiger partial charge in [-0.15, -0.1) is 5.10 Å². The highest BCUT2D eigenvalue weighted by Gasteiger charge is 2.17. The Morgan fingerprint density at radius 2 is 1.64 bits per heavy atom. The Morgan fingerprint density at radius 3 is 2.42 bits per heavy atom. The van der Waals surface area contributed by atoms with Gasteiger partial charge >= 0.3 is 6.09 Å². The van der Waals surface area contributed by atoms with Crippen molar-refractivity contribution in [3.63, 3.8) is 0 Å². The molecular weight excluding hydrogens is 414 g/mol. The molecule has 0 aliphatic rings. The molecule has 0 unspecified atom stereocenters. The Morgan fingerprint density at radius 1 is 0.879 bits per heavy atom. The van der Waals surface area contributed by atoms with E-state index in [0.717, 1.165) is 60.3 Å². The standard InChI is InChI=1S/C26H27N5O2/c32-26(33)31(25-15-7-6-14-23(25)21-11-4-3-5-12-21)18-9-2-1-8-17-30-20-24(28-29-30)22-13-10-16-27-19-22/h3-7,10-16,19-20H,1-2,8-9,17-18H2,(H,32,33). The average molecular weight is 442 g/mol. The summed E-state index contributed by atoms with van der Waals surface area (Å²) in [4.78, 5) is 17.6. The minimum atomic E-state index is -0.927. The molecule has 0 aliphatic heterocycles. The Hall–Kier alpha value is -4.00. The number of nitrogens with zero attached hydrogens (tertiary/aromatic N) is 5. The van der Waals surface area contributed by atoms with Gasteiger partial charge in [0.25, 0.3) is 0 Å². The van der Waals surface area contributed by atoms with Crippen LogP contribution in [0.5, 0.6) is 0 Å². The molecule has 0 fully saturated rings. The molecule has 7 nitrogen and oxygen atoms in total. The van der Waals surface area contributed by atoms with Crippen molar-refractivity contribution in [2.45, 2.75) is 32.2 Å². The van der Waals surface area contributed by atoms with Crippen molar-refractivity contribution in [1.29, 1.82) is 0 Å². The third-order valence-corrected chi connectivity index (χ3v) is 5.53. The second kappa shape index (κ2) is 11.0. The van der Waals surface area contributed by atoms with Crippen LogP contribution in [0.1, 0.15) is 25.7 Å². The molecule has 4 rings (SSSR count). The van der Waals surface area contributed by atoms with Crippen LogP contribution in [0.3, 0.4) is 0 Å². The number of aryl methyl sites for hydroxylation is 1. The number of hydrogen-bond acceptors (Lipinski definition) is 4. The van der Waals surface area contributed by atoms with Crippen LogP contribution in [0.15, 0.2) is 85.3 Å². The number of hydrogen-bond donors (Lipinski definition) is 1. The molecular formula is C26H27N5O2. The molecule has 4 aromatic rings. The van der Waals surface area contributed by atoms with Gasteiger partial charge < -0.3 is 5.11 Å². The molecule has 0 aliphatic carbocycles.